The molecule has 0 unspecified atom stereocenters. The maximum Gasteiger partial charge on any atom is 0.185 e. The van der Waals surface area contributed by atoms with Crippen molar-refractivity contribution in [3.63, 3.8) is 0 Å². The van der Waals surface area contributed by atoms with Gasteiger partial charge in [-0.15, -0.1) is 6.58 Å². The summed E-state index contributed by atoms with van der Waals surface area (Å²) in [5.74, 6) is 0.461. The molecule has 0 spiro atoms. The predicted octanol–water partition coefficient (Wildman–Crippen LogP) is 1.19. The third-order valence-electron chi connectivity index (χ3n) is 1.36. The summed E-state index contributed by atoms with van der Waals surface area (Å²) >= 11 is 0. The highest BCUT2D eigenvalue weighted by atomic mass is 16.1. The van der Waals surface area contributed by atoms with Crippen LogP contribution in [0.1, 0.15) is 16.3 Å². The molecule has 0 aliphatic heterocycles. The monoisotopic (exact) mass is 150 g/mol. The summed E-state index contributed by atoms with van der Waals surface area (Å²) in [6.45, 7) is 6.06. The topological polar surface area (TPSA) is 34.9 Å². The second kappa shape index (κ2) is 3.14. The first-order valence-corrected chi connectivity index (χ1v) is 3.37. The van der Waals surface area contributed by atoms with E-state index < -0.39 is 0 Å². The van der Waals surface area contributed by atoms with Gasteiger partial charge in [0.2, 0.25) is 0 Å². The zero-order chi connectivity index (χ0) is 8.27. The maximum atomic E-state index is 10.4. The Bertz CT molecular complexity index is 276. The smallest absolute Gasteiger partial charge is 0.185 e. The number of allylic oxidation sites excluding steroid dienone is 1. The molecular formula is C8H10N2O. The Morgan fingerprint density at radius 3 is 3.09 bits per heavy atom. The summed E-state index contributed by atoms with van der Waals surface area (Å²) < 4.78 is 1.76. The van der Waals surface area contributed by atoms with Crippen molar-refractivity contribution in [3.05, 3.63) is 30.4 Å². The highest BCUT2D eigenvalue weighted by molar-refractivity contribution is 5.69. The number of aryl methyl sites for hydroxylation is 1. The molecule has 0 atom stereocenters. The summed E-state index contributed by atoms with van der Waals surface area (Å²) in [6, 6.07) is 0. The molecule has 0 saturated carbocycles. The second-order valence-corrected chi connectivity index (χ2v) is 2.30. The summed E-state index contributed by atoms with van der Waals surface area (Å²) in [7, 11) is 0. The lowest BCUT2D eigenvalue weighted by Gasteiger charge is -1.95. The van der Waals surface area contributed by atoms with Crippen LogP contribution in [-0.2, 0) is 6.54 Å². The standard InChI is InChI=1S/C8H10N2O/c1-3-4-10-5-7(2)9-8(10)6-11/h3,5-6H,1,4H2,2H3. The van der Waals surface area contributed by atoms with Gasteiger partial charge in [-0.25, -0.2) is 4.98 Å². The van der Waals surface area contributed by atoms with Gasteiger partial charge >= 0.3 is 0 Å². The molecular weight excluding hydrogens is 140 g/mol. The maximum absolute atomic E-state index is 10.4. The average Bonchev–Trinajstić information content (AvgIpc) is 2.32. The largest absolute Gasteiger partial charge is 0.325 e. The first-order chi connectivity index (χ1) is 5.27. The molecule has 0 aliphatic rings. The van der Waals surface area contributed by atoms with E-state index in [-0.39, 0.29) is 0 Å². The zero-order valence-corrected chi connectivity index (χ0v) is 6.45. The van der Waals surface area contributed by atoms with E-state index in [2.05, 4.69) is 11.6 Å². The van der Waals surface area contributed by atoms with Crippen molar-refractivity contribution >= 4 is 6.29 Å². The summed E-state index contributed by atoms with van der Waals surface area (Å²) in [6.07, 6.45) is 4.30. The van der Waals surface area contributed by atoms with Crippen molar-refractivity contribution in [2.45, 2.75) is 13.5 Å². The fourth-order valence-corrected chi connectivity index (χ4v) is 0.945. The van der Waals surface area contributed by atoms with Crippen molar-refractivity contribution in [1.29, 1.82) is 0 Å². The van der Waals surface area contributed by atoms with Gasteiger partial charge < -0.3 is 4.57 Å². The summed E-state index contributed by atoms with van der Waals surface area (Å²) in [5, 5.41) is 0. The lowest BCUT2D eigenvalue weighted by molar-refractivity contribution is 0.111. The van der Waals surface area contributed by atoms with Crippen molar-refractivity contribution < 1.29 is 4.79 Å². The lowest BCUT2D eigenvalue weighted by Crippen LogP contribution is -1.98. The van der Waals surface area contributed by atoms with Gasteiger partial charge in [0.05, 0.1) is 5.69 Å². The molecule has 0 amide bonds. The number of carbonyl (C=O) groups is 1. The molecule has 0 aliphatic carbocycles. The fraction of sp³-hybridized carbons (Fsp3) is 0.250. The van der Waals surface area contributed by atoms with Crippen LogP contribution in [0.2, 0.25) is 0 Å². The Kier molecular flexibility index (Phi) is 2.21. The number of imidazole rings is 1. The quantitative estimate of drug-likeness (QED) is 0.479. The Balaban J connectivity index is 3.00. The molecule has 0 saturated heterocycles. The van der Waals surface area contributed by atoms with E-state index in [1.165, 1.54) is 0 Å². The van der Waals surface area contributed by atoms with E-state index in [0.717, 1.165) is 12.0 Å². The van der Waals surface area contributed by atoms with Crippen molar-refractivity contribution in [2.24, 2.45) is 0 Å². The van der Waals surface area contributed by atoms with Crippen LogP contribution >= 0.6 is 0 Å². The Morgan fingerprint density at radius 1 is 1.82 bits per heavy atom. The van der Waals surface area contributed by atoms with Gasteiger partial charge in [0.1, 0.15) is 0 Å². The Labute approximate surface area is 65.4 Å². The lowest BCUT2D eigenvalue weighted by atomic mass is 10.5. The SMILES string of the molecule is C=CCn1cc(C)nc1C=O. The first-order valence-electron chi connectivity index (χ1n) is 3.37. The van der Waals surface area contributed by atoms with Gasteiger partial charge in [-0.05, 0) is 6.92 Å². The van der Waals surface area contributed by atoms with E-state index in [1.54, 1.807) is 10.6 Å². The number of aldehydes is 1. The Morgan fingerprint density at radius 2 is 2.55 bits per heavy atom. The second-order valence-electron chi connectivity index (χ2n) is 2.30. The van der Waals surface area contributed by atoms with E-state index in [9.17, 15) is 4.79 Å². The normalized spacial score (nSPS) is 9.55. The van der Waals surface area contributed by atoms with Gasteiger partial charge in [0.15, 0.2) is 12.1 Å². The van der Waals surface area contributed by atoms with E-state index in [1.807, 2.05) is 13.1 Å². The number of rotatable bonds is 3. The molecule has 1 heterocycles. The van der Waals surface area contributed by atoms with Gasteiger partial charge in [0.25, 0.3) is 0 Å². The third-order valence-corrected chi connectivity index (χ3v) is 1.36. The van der Waals surface area contributed by atoms with Crippen molar-refractivity contribution in [1.82, 2.24) is 9.55 Å². The first kappa shape index (κ1) is 7.72. The minimum atomic E-state index is 0.461. The highest BCUT2D eigenvalue weighted by Gasteiger charge is 2.00. The summed E-state index contributed by atoms with van der Waals surface area (Å²) in [4.78, 5) is 14.4. The number of hydrogen-bond donors (Lipinski definition) is 0. The molecule has 3 nitrogen and oxygen atoms in total. The summed E-state index contributed by atoms with van der Waals surface area (Å²) in [5.41, 5.74) is 0.856. The molecule has 58 valence electrons. The number of carbonyl (C=O) groups excluding carboxylic acids is 1. The molecule has 11 heavy (non-hydrogen) atoms. The van der Waals surface area contributed by atoms with Gasteiger partial charge in [-0.2, -0.15) is 0 Å². The van der Waals surface area contributed by atoms with Crippen LogP contribution < -0.4 is 0 Å². The van der Waals surface area contributed by atoms with Crippen LogP contribution in [0.4, 0.5) is 0 Å². The third kappa shape index (κ3) is 1.55. The average molecular weight is 150 g/mol. The minimum Gasteiger partial charge on any atom is -0.325 e. The molecule has 0 bridgehead atoms. The van der Waals surface area contributed by atoms with Gasteiger partial charge in [-0.3, -0.25) is 4.79 Å². The zero-order valence-electron chi connectivity index (χ0n) is 6.45. The van der Waals surface area contributed by atoms with Crippen LogP contribution in [0.3, 0.4) is 0 Å². The number of hydrogen-bond acceptors (Lipinski definition) is 2. The molecule has 0 fully saturated rings. The van der Waals surface area contributed by atoms with Crippen molar-refractivity contribution in [2.75, 3.05) is 0 Å². The van der Waals surface area contributed by atoms with Crippen LogP contribution in [0.25, 0.3) is 0 Å². The molecule has 1 aromatic heterocycles. The molecule has 0 N–H and O–H groups in total. The van der Waals surface area contributed by atoms with Gasteiger partial charge in [0, 0.05) is 12.7 Å². The van der Waals surface area contributed by atoms with Crippen LogP contribution in [0.5, 0.6) is 0 Å². The van der Waals surface area contributed by atoms with Crippen LogP contribution in [0, 0.1) is 6.92 Å². The van der Waals surface area contributed by atoms with E-state index in [4.69, 9.17) is 0 Å². The molecule has 1 rings (SSSR count). The fourth-order valence-electron chi connectivity index (χ4n) is 0.945. The van der Waals surface area contributed by atoms with E-state index >= 15 is 0 Å². The Hall–Kier alpha value is -1.38. The number of aromatic nitrogens is 2. The minimum absolute atomic E-state index is 0.461. The van der Waals surface area contributed by atoms with Gasteiger partial charge in [-0.1, -0.05) is 6.08 Å². The van der Waals surface area contributed by atoms with E-state index in [0.29, 0.717) is 12.4 Å². The molecule has 3 heteroatoms. The molecule has 0 radical (unpaired) electrons. The van der Waals surface area contributed by atoms with Crippen LogP contribution in [-0.4, -0.2) is 15.8 Å². The van der Waals surface area contributed by atoms with Crippen LogP contribution in [0.15, 0.2) is 18.9 Å². The molecule has 0 aromatic carbocycles. The van der Waals surface area contributed by atoms with Crippen molar-refractivity contribution in [3.8, 4) is 0 Å². The molecule has 1 aromatic rings. The number of nitrogens with zero attached hydrogens (tertiary/aromatic N) is 2. The predicted molar refractivity (Wildman–Crippen MR) is 42.5 cm³/mol. The highest BCUT2D eigenvalue weighted by Crippen LogP contribution is 1.99.